The predicted molar refractivity (Wildman–Crippen MR) is 114 cm³/mol. The second-order valence-electron chi connectivity index (χ2n) is 5.20. The Bertz CT molecular complexity index is 498. The van der Waals surface area contributed by atoms with Crippen LogP contribution in [0.3, 0.4) is 0 Å². The molecule has 144 valence electrons. The van der Waals surface area contributed by atoms with E-state index in [0.717, 1.165) is 62.2 Å². The summed E-state index contributed by atoms with van der Waals surface area (Å²) >= 11 is 0. The predicted octanol–water partition coefficient (Wildman–Crippen LogP) is 3.19. The smallest absolute Gasteiger partial charge is 0.191 e. The molecule has 1 rings (SSSR count). The van der Waals surface area contributed by atoms with Crippen LogP contribution in [0.2, 0.25) is 0 Å². The van der Waals surface area contributed by atoms with Crippen LogP contribution in [0.15, 0.2) is 23.2 Å². The summed E-state index contributed by atoms with van der Waals surface area (Å²) in [6, 6.07) is 5.77. The van der Waals surface area contributed by atoms with Crippen molar-refractivity contribution in [2.24, 2.45) is 4.99 Å². The molecule has 0 spiro atoms. The van der Waals surface area contributed by atoms with E-state index in [9.17, 15) is 0 Å². The first-order valence-electron chi connectivity index (χ1n) is 8.55. The van der Waals surface area contributed by atoms with Gasteiger partial charge >= 0.3 is 0 Å². The number of hydrogen-bond acceptors (Lipinski definition) is 4. The Labute approximate surface area is 168 Å². The molecule has 0 aliphatic heterocycles. The van der Waals surface area contributed by atoms with E-state index in [-0.39, 0.29) is 24.0 Å². The fraction of sp³-hybridized carbons (Fsp3) is 0.611. The quantitative estimate of drug-likeness (QED) is 0.228. The Morgan fingerprint density at radius 1 is 1.08 bits per heavy atom. The van der Waals surface area contributed by atoms with Gasteiger partial charge < -0.3 is 24.8 Å². The lowest BCUT2D eigenvalue weighted by atomic mass is 10.2. The zero-order valence-corrected chi connectivity index (χ0v) is 18.1. The molecule has 0 atom stereocenters. The van der Waals surface area contributed by atoms with Gasteiger partial charge in [0.15, 0.2) is 5.96 Å². The highest BCUT2D eigenvalue weighted by Crippen LogP contribution is 2.25. The first-order chi connectivity index (χ1) is 11.7. The van der Waals surface area contributed by atoms with Crippen molar-refractivity contribution in [1.29, 1.82) is 0 Å². The zero-order chi connectivity index (χ0) is 17.6. The van der Waals surface area contributed by atoms with Crippen LogP contribution in [0.5, 0.6) is 11.5 Å². The van der Waals surface area contributed by atoms with Crippen LogP contribution in [0.25, 0.3) is 0 Å². The summed E-state index contributed by atoms with van der Waals surface area (Å²) in [7, 11) is 3.30. The number of aliphatic imine (C=N–C) groups is 1. The van der Waals surface area contributed by atoms with Gasteiger partial charge in [-0.2, -0.15) is 0 Å². The Hall–Kier alpha value is -1.22. The number of nitrogens with one attached hydrogen (secondary N) is 2. The Morgan fingerprint density at radius 2 is 1.88 bits per heavy atom. The third-order valence-electron chi connectivity index (χ3n) is 3.46. The number of unbranched alkanes of at least 4 members (excludes halogenated alkanes) is 1. The van der Waals surface area contributed by atoms with Crippen LogP contribution < -0.4 is 20.1 Å². The number of hydrogen-bond donors (Lipinski definition) is 2. The summed E-state index contributed by atoms with van der Waals surface area (Å²) in [5.41, 5.74) is 1.02. The van der Waals surface area contributed by atoms with E-state index in [1.54, 1.807) is 14.2 Å². The molecular formula is C18H32IN3O3. The largest absolute Gasteiger partial charge is 0.497 e. The summed E-state index contributed by atoms with van der Waals surface area (Å²) < 4.78 is 16.0. The van der Waals surface area contributed by atoms with Crippen molar-refractivity contribution >= 4 is 29.9 Å². The number of halogens is 1. The lowest BCUT2D eigenvalue weighted by Gasteiger charge is -2.12. The minimum atomic E-state index is 0. The van der Waals surface area contributed by atoms with Crippen molar-refractivity contribution in [3.8, 4) is 11.5 Å². The number of ether oxygens (including phenoxy) is 3. The molecule has 0 fully saturated rings. The zero-order valence-electron chi connectivity index (χ0n) is 15.8. The van der Waals surface area contributed by atoms with Gasteiger partial charge in [-0.1, -0.05) is 0 Å². The van der Waals surface area contributed by atoms with Crippen LogP contribution in [-0.4, -0.2) is 46.5 Å². The molecule has 0 saturated heterocycles. The van der Waals surface area contributed by atoms with Gasteiger partial charge in [0.2, 0.25) is 0 Å². The van der Waals surface area contributed by atoms with Crippen LogP contribution in [-0.2, 0) is 11.3 Å². The number of benzene rings is 1. The van der Waals surface area contributed by atoms with E-state index in [2.05, 4.69) is 22.5 Å². The van der Waals surface area contributed by atoms with Crippen molar-refractivity contribution in [2.45, 2.75) is 33.2 Å². The molecule has 0 aliphatic carbocycles. The van der Waals surface area contributed by atoms with Crippen LogP contribution in [0.4, 0.5) is 0 Å². The molecule has 0 bridgehead atoms. The fourth-order valence-corrected chi connectivity index (χ4v) is 2.17. The molecule has 0 aromatic heterocycles. The van der Waals surface area contributed by atoms with E-state index in [4.69, 9.17) is 14.2 Å². The highest BCUT2D eigenvalue weighted by molar-refractivity contribution is 14.0. The topological polar surface area (TPSA) is 64.1 Å². The average molecular weight is 465 g/mol. The van der Waals surface area contributed by atoms with Crippen molar-refractivity contribution in [3.63, 3.8) is 0 Å². The maximum atomic E-state index is 5.41. The van der Waals surface area contributed by atoms with Crippen molar-refractivity contribution in [3.05, 3.63) is 23.8 Å². The average Bonchev–Trinajstić information content (AvgIpc) is 2.62. The van der Waals surface area contributed by atoms with Crippen LogP contribution >= 0.6 is 24.0 Å². The molecule has 0 amide bonds. The first kappa shape index (κ1) is 23.8. The molecule has 1 aromatic rings. The van der Waals surface area contributed by atoms with E-state index in [1.165, 1.54) is 0 Å². The monoisotopic (exact) mass is 465 g/mol. The maximum Gasteiger partial charge on any atom is 0.191 e. The van der Waals surface area contributed by atoms with Crippen LogP contribution in [0.1, 0.15) is 32.3 Å². The molecule has 0 aliphatic rings. The van der Waals surface area contributed by atoms with Crippen molar-refractivity contribution in [2.75, 3.05) is 40.5 Å². The summed E-state index contributed by atoms with van der Waals surface area (Å²) in [4.78, 5) is 4.62. The third-order valence-corrected chi connectivity index (χ3v) is 3.46. The van der Waals surface area contributed by atoms with Crippen molar-refractivity contribution in [1.82, 2.24) is 10.6 Å². The Morgan fingerprint density at radius 3 is 2.52 bits per heavy atom. The summed E-state index contributed by atoms with van der Waals surface area (Å²) in [5, 5.41) is 6.60. The number of methoxy groups -OCH3 is 2. The van der Waals surface area contributed by atoms with E-state index in [1.807, 2.05) is 25.1 Å². The molecule has 2 N–H and O–H groups in total. The van der Waals surface area contributed by atoms with Crippen molar-refractivity contribution < 1.29 is 14.2 Å². The van der Waals surface area contributed by atoms with Gasteiger partial charge in [0.05, 0.1) is 20.8 Å². The highest BCUT2D eigenvalue weighted by atomic mass is 127. The second kappa shape index (κ2) is 15.1. The molecular weight excluding hydrogens is 433 g/mol. The van der Waals surface area contributed by atoms with Gasteiger partial charge in [-0.05, 0) is 38.8 Å². The minimum Gasteiger partial charge on any atom is -0.497 e. The number of nitrogens with zero attached hydrogens (tertiary/aromatic N) is 1. The SMILES string of the molecule is CCNC(=NCc1ccc(OC)cc1OC)NCCCCOCC.I. The Kier molecular flexibility index (Phi) is 14.3. The minimum absolute atomic E-state index is 0. The maximum absolute atomic E-state index is 5.41. The highest BCUT2D eigenvalue weighted by Gasteiger charge is 2.05. The normalized spacial score (nSPS) is 10.8. The molecule has 25 heavy (non-hydrogen) atoms. The standard InChI is InChI=1S/C18H31N3O3.HI/c1-5-19-18(20-11-7-8-12-24-6-2)21-14-15-9-10-16(22-3)13-17(15)23-4;/h9-10,13H,5-8,11-12,14H2,1-4H3,(H2,19,20,21);1H. The number of guanidine groups is 1. The van der Waals surface area contributed by atoms with Gasteiger partial charge in [0.25, 0.3) is 0 Å². The molecule has 6 nitrogen and oxygen atoms in total. The van der Waals surface area contributed by atoms with Gasteiger partial charge in [-0.25, -0.2) is 4.99 Å². The van der Waals surface area contributed by atoms with E-state index in [0.29, 0.717) is 6.54 Å². The summed E-state index contributed by atoms with van der Waals surface area (Å²) in [5.74, 6) is 2.37. The van der Waals surface area contributed by atoms with Gasteiger partial charge in [-0.15, -0.1) is 24.0 Å². The lowest BCUT2D eigenvalue weighted by Crippen LogP contribution is -2.37. The second-order valence-corrected chi connectivity index (χ2v) is 5.20. The molecule has 0 heterocycles. The molecule has 0 unspecified atom stereocenters. The first-order valence-corrected chi connectivity index (χ1v) is 8.55. The molecule has 1 aromatic carbocycles. The lowest BCUT2D eigenvalue weighted by molar-refractivity contribution is 0.143. The van der Waals surface area contributed by atoms with E-state index >= 15 is 0 Å². The molecule has 0 radical (unpaired) electrons. The van der Waals surface area contributed by atoms with Crippen LogP contribution in [0, 0.1) is 0 Å². The summed E-state index contributed by atoms with van der Waals surface area (Å²) in [6.07, 6.45) is 2.10. The summed E-state index contributed by atoms with van der Waals surface area (Å²) in [6.45, 7) is 7.91. The molecule has 0 saturated carbocycles. The number of rotatable bonds is 11. The van der Waals surface area contributed by atoms with Gasteiger partial charge in [0, 0.05) is 37.9 Å². The van der Waals surface area contributed by atoms with Gasteiger partial charge in [-0.3, -0.25) is 0 Å². The van der Waals surface area contributed by atoms with E-state index < -0.39 is 0 Å². The van der Waals surface area contributed by atoms with Gasteiger partial charge in [0.1, 0.15) is 11.5 Å². The third kappa shape index (κ3) is 9.74. The molecule has 7 heteroatoms. The Balaban J connectivity index is 0.00000576. The fourth-order valence-electron chi connectivity index (χ4n) is 2.17.